The molecular weight excluding hydrogens is 395 g/mol. The molecular formula is C24H23N2Se+. The number of anilines is 1. The van der Waals surface area contributed by atoms with Crippen molar-refractivity contribution in [3.8, 4) is 0 Å². The van der Waals surface area contributed by atoms with Crippen molar-refractivity contribution in [3.63, 3.8) is 0 Å². The van der Waals surface area contributed by atoms with Gasteiger partial charge in [-0.2, -0.15) is 0 Å². The zero-order valence-electron chi connectivity index (χ0n) is 15.9. The predicted octanol–water partition coefficient (Wildman–Crippen LogP) is 4.67. The molecule has 27 heavy (non-hydrogen) atoms. The van der Waals surface area contributed by atoms with Gasteiger partial charge in [-0.15, -0.1) is 0 Å². The van der Waals surface area contributed by atoms with Crippen LogP contribution in [0.15, 0.2) is 72.8 Å². The second-order valence-electron chi connectivity index (χ2n) is 6.84. The molecule has 0 N–H and O–H groups in total. The van der Waals surface area contributed by atoms with Gasteiger partial charge in [0.15, 0.2) is 0 Å². The van der Waals surface area contributed by atoms with Crippen molar-refractivity contribution >= 4 is 52.9 Å². The standard InChI is InChI=1S/C24H23N2Se/c1-25(2)20-15-12-18(13-16-20)8-4-7-11-23-26(3)22-17-14-19-9-5-6-10-21(19)24(22)27-23/h4-17H,1-3H3/q+1. The Morgan fingerprint density at radius 3 is 2.37 bits per heavy atom. The quantitative estimate of drug-likeness (QED) is 0.266. The van der Waals surface area contributed by atoms with E-state index >= 15 is 0 Å². The molecule has 0 bridgehead atoms. The average molecular weight is 418 g/mol. The molecule has 3 heteroatoms. The van der Waals surface area contributed by atoms with Crippen molar-refractivity contribution in [1.82, 2.24) is 0 Å². The van der Waals surface area contributed by atoms with Gasteiger partial charge in [0.2, 0.25) is 0 Å². The molecule has 0 saturated heterocycles. The number of benzene rings is 3. The van der Waals surface area contributed by atoms with E-state index in [1.807, 2.05) is 0 Å². The second kappa shape index (κ2) is 7.56. The van der Waals surface area contributed by atoms with E-state index in [0.717, 1.165) is 0 Å². The summed E-state index contributed by atoms with van der Waals surface area (Å²) in [6.07, 6.45) is 8.69. The van der Waals surface area contributed by atoms with Gasteiger partial charge in [-0.1, -0.05) is 0 Å². The summed E-state index contributed by atoms with van der Waals surface area (Å²) in [5, 5.41) is 2.72. The first-order valence-electron chi connectivity index (χ1n) is 9.06. The Morgan fingerprint density at radius 1 is 0.852 bits per heavy atom. The van der Waals surface area contributed by atoms with Crippen LogP contribution in [0.4, 0.5) is 5.69 Å². The Bertz CT molecular complexity index is 1150. The van der Waals surface area contributed by atoms with Crippen LogP contribution in [-0.4, -0.2) is 28.6 Å². The summed E-state index contributed by atoms with van der Waals surface area (Å²) in [6.45, 7) is 0. The van der Waals surface area contributed by atoms with Gasteiger partial charge in [-0.05, 0) is 0 Å². The van der Waals surface area contributed by atoms with Gasteiger partial charge in [0.25, 0.3) is 0 Å². The van der Waals surface area contributed by atoms with Crippen LogP contribution in [0.25, 0.3) is 32.7 Å². The fraction of sp³-hybridized carbons (Fsp3) is 0.125. The van der Waals surface area contributed by atoms with E-state index in [0.29, 0.717) is 14.5 Å². The molecule has 0 amide bonds. The zero-order valence-corrected chi connectivity index (χ0v) is 17.6. The molecule has 3 aromatic carbocycles. The molecule has 0 aliphatic carbocycles. The van der Waals surface area contributed by atoms with Gasteiger partial charge >= 0.3 is 166 Å². The van der Waals surface area contributed by atoms with Crippen LogP contribution in [-0.2, 0) is 7.05 Å². The molecule has 0 spiro atoms. The van der Waals surface area contributed by atoms with Crippen molar-refractivity contribution < 1.29 is 4.57 Å². The van der Waals surface area contributed by atoms with Gasteiger partial charge in [0.05, 0.1) is 0 Å². The Balaban J connectivity index is 1.59. The normalized spacial score (nSPS) is 12.0. The van der Waals surface area contributed by atoms with Crippen molar-refractivity contribution in [2.24, 2.45) is 7.05 Å². The third-order valence-electron chi connectivity index (χ3n) is 4.81. The number of hydrogen-bond acceptors (Lipinski definition) is 1. The van der Waals surface area contributed by atoms with Crippen LogP contribution in [0.2, 0.25) is 0 Å². The van der Waals surface area contributed by atoms with Crippen molar-refractivity contribution in [2.75, 3.05) is 19.0 Å². The first-order chi connectivity index (χ1) is 13.1. The molecule has 0 atom stereocenters. The summed E-state index contributed by atoms with van der Waals surface area (Å²) in [5.41, 5.74) is 3.78. The maximum atomic E-state index is 2.33. The maximum absolute atomic E-state index is 2.33. The van der Waals surface area contributed by atoms with Crippen LogP contribution < -0.4 is 9.47 Å². The van der Waals surface area contributed by atoms with Crippen molar-refractivity contribution in [2.45, 2.75) is 0 Å². The van der Waals surface area contributed by atoms with Crippen LogP contribution in [0, 0.1) is 0 Å². The second-order valence-corrected chi connectivity index (χ2v) is 9.00. The Hall–Kier alpha value is -2.61. The Kier molecular flexibility index (Phi) is 4.98. The Morgan fingerprint density at radius 2 is 1.59 bits per heavy atom. The fourth-order valence-electron chi connectivity index (χ4n) is 3.23. The van der Waals surface area contributed by atoms with Crippen molar-refractivity contribution in [1.29, 1.82) is 0 Å². The van der Waals surface area contributed by atoms with E-state index in [1.54, 1.807) is 0 Å². The van der Waals surface area contributed by atoms with Crippen molar-refractivity contribution in [3.05, 3.63) is 82.9 Å². The van der Waals surface area contributed by atoms with E-state index in [2.05, 4.69) is 116 Å². The topological polar surface area (TPSA) is 7.12 Å². The Labute approximate surface area is 166 Å². The number of fused-ring (bicyclic) bond motifs is 3. The average Bonchev–Trinajstić information content (AvgIpc) is 3.02. The summed E-state index contributed by atoms with van der Waals surface area (Å²) in [5.74, 6) is 0. The number of aryl methyl sites for hydroxylation is 1. The van der Waals surface area contributed by atoms with Gasteiger partial charge in [0, 0.05) is 0 Å². The first-order valence-corrected chi connectivity index (χ1v) is 10.8. The zero-order chi connectivity index (χ0) is 18.8. The van der Waals surface area contributed by atoms with E-state index in [1.165, 1.54) is 36.4 Å². The van der Waals surface area contributed by atoms with Gasteiger partial charge < -0.3 is 0 Å². The monoisotopic (exact) mass is 419 g/mol. The number of allylic oxidation sites excluding steroid dienone is 2. The molecule has 0 unspecified atom stereocenters. The molecule has 4 rings (SSSR count). The van der Waals surface area contributed by atoms with E-state index in [9.17, 15) is 0 Å². The van der Waals surface area contributed by atoms with Crippen LogP contribution in [0.3, 0.4) is 0 Å². The van der Waals surface area contributed by atoms with Gasteiger partial charge in [-0.3, -0.25) is 0 Å². The third kappa shape index (κ3) is 3.62. The van der Waals surface area contributed by atoms with Gasteiger partial charge in [0.1, 0.15) is 0 Å². The fourth-order valence-corrected chi connectivity index (χ4v) is 5.74. The van der Waals surface area contributed by atoms with Crippen LogP contribution in [0.1, 0.15) is 10.1 Å². The van der Waals surface area contributed by atoms with Gasteiger partial charge in [-0.25, -0.2) is 0 Å². The SMILES string of the molecule is CN(C)c1ccc(C=CC=Cc2[se]c3c4ccccc4ccc3[n+]2C)cc1. The number of rotatable bonds is 4. The summed E-state index contributed by atoms with van der Waals surface area (Å²) >= 11 is 0.336. The predicted molar refractivity (Wildman–Crippen MR) is 118 cm³/mol. The number of hydrogen-bond donors (Lipinski definition) is 0. The summed E-state index contributed by atoms with van der Waals surface area (Å²) in [7, 11) is 6.30. The first kappa shape index (κ1) is 17.8. The van der Waals surface area contributed by atoms with E-state index in [-0.39, 0.29) is 0 Å². The third-order valence-corrected chi connectivity index (χ3v) is 7.43. The summed E-state index contributed by atoms with van der Waals surface area (Å²) in [6, 6.07) is 21.8. The minimum atomic E-state index is 0.336. The van der Waals surface area contributed by atoms with Crippen LogP contribution >= 0.6 is 0 Å². The molecule has 1 aromatic heterocycles. The minimum absolute atomic E-state index is 0.336. The molecule has 1 heterocycles. The van der Waals surface area contributed by atoms with Crippen LogP contribution in [0.5, 0.6) is 0 Å². The molecule has 0 saturated carbocycles. The molecule has 134 valence electrons. The molecule has 0 aliphatic heterocycles. The summed E-state index contributed by atoms with van der Waals surface area (Å²) in [4.78, 5) is 2.11. The van der Waals surface area contributed by atoms with E-state index in [4.69, 9.17) is 0 Å². The molecule has 0 fully saturated rings. The number of nitrogens with zero attached hydrogens (tertiary/aromatic N) is 2. The molecule has 0 radical (unpaired) electrons. The molecule has 4 aromatic rings. The molecule has 0 aliphatic rings. The van der Waals surface area contributed by atoms with E-state index < -0.39 is 0 Å². The summed E-state index contributed by atoms with van der Waals surface area (Å²) < 4.78 is 5.21. The number of aromatic nitrogens is 1. The molecule has 2 nitrogen and oxygen atoms in total.